The number of carboxylic acids is 1. The molecule has 19 heavy (non-hydrogen) atoms. The first-order valence-corrected chi connectivity index (χ1v) is 7.19. The molecule has 4 nitrogen and oxygen atoms in total. The maximum atomic E-state index is 11.3. The van der Waals surface area contributed by atoms with Gasteiger partial charge in [0.15, 0.2) is 0 Å². The van der Waals surface area contributed by atoms with Crippen LogP contribution in [-0.4, -0.2) is 49.2 Å². The summed E-state index contributed by atoms with van der Waals surface area (Å²) in [5, 5.41) is 9.28. The number of anilines is 1. The van der Waals surface area contributed by atoms with Gasteiger partial charge in [0.2, 0.25) is 0 Å². The minimum absolute atomic E-state index is 0.340. The number of aryl methyl sites for hydroxylation is 1. The van der Waals surface area contributed by atoms with Crippen LogP contribution in [-0.2, 0) is 4.79 Å². The van der Waals surface area contributed by atoms with E-state index in [0.717, 1.165) is 23.2 Å². The molecule has 5 heteroatoms. The van der Waals surface area contributed by atoms with Crippen LogP contribution >= 0.6 is 15.9 Å². The van der Waals surface area contributed by atoms with Crippen LogP contribution in [0, 0.1) is 12.8 Å². The summed E-state index contributed by atoms with van der Waals surface area (Å²) < 4.78 is 1.06. The van der Waals surface area contributed by atoms with Crippen LogP contribution in [0.5, 0.6) is 0 Å². The van der Waals surface area contributed by atoms with Crippen molar-refractivity contribution < 1.29 is 9.90 Å². The molecule has 0 radical (unpaired) electrons. The minimum atomic E-state index is -0.718. The number of carbonyl (C=O) groups is 1. The number of likely N-dealkylation sites (N-methyl/N-ethyl adjacent to an activating group) is 1. The molecule has 0 amide bonds. The number of rotatable bonds is 2. The quantitative estimate of drug-likeness (QED) is 0.905. The summed E-state index contributed by atoms with van der Waals surface area (Å²) in [6, 6.07) is 6.19. The van der Waals surface area contributed by atoms with Crippen molar-refractivity contribution in [3.05, 3.63) is 28.2 Å². The number of halogens is 1. The lowest BCUT2D eigenvalue weighted by molar-refractivity contribution is -0.141. The Bertz CT molecular complexity index is 479. The Hall–Kier alpha value is -1.07. The summed E-state index contributed by atoms with van der Waals surface area (Å²) in [6.45, 7) is 4.96. The summed E-state index contributed by atoms with van der Waals surface area (Å²) in [5.41, 5.74) is 2.27. The molecule has 2 rings (SSSR count). The fourth-order valence-electron chi connectivity index (χ4n) is 2.34. The van der Waals surface area contributed by atoms with Crippen molar-refractivity contribution in [2.75, 3.05) is 38.1 Å². The largest absolute Gasteiger partial charge is 0.481 e. The van der Waals surface area contributed by atoms with Crippen molar-refractivity contribution in [2.24, 2.45) is 5.92 Å². The van der Waals surface area contributed by atoms with Gasteiger partial charge in [-0.1, -0.05) is 22.0 Å². The highest BCUT2D eigenvalue weighted by molar-refractivity contribution is 9.10. The van der Waals surface area contributed by atoms with Crippen molar-refractivity contribution in [3.63, 3.8) is 0 Å². The third-order valence-electron chi connectivity index (χ3n) is 3.59. The van der Waals surface area contributed by atoms with E-state index in [1.54, 1.807) is 0 Å². The van der Waals surface area contributed by atoms with Gasteiger partial charge in [-0.15, -0.1) is 0 Å². The molecule has 104 valence electrons. The SMILES string of the molecule is Cc1ccc(N2CCN(C)CC(C(=O)O)C2)cc1Br. The average Bonchev–Trinajstić information content (AvgIpc) is 2.55. The standard InChI is InChI=1S/C14H19BrN2O2/c1-10-3-4-12(7-13(10)15)17-6-5-16(2)8-11(9-17)14(18)19/h3-4,7,11H,5-6,8-9H2,1-2H3,(H,18,19). The molecule has 1 unspecified atom stereocenters. The Kier molecular flexibility index (Phi) is 4.47. The normalized spacial score (nSPS) is 21.2. The van der Waals surface area contributed by atoms with Crippen molar-refractivity contribution in [3.8, 4) is 0 Å². The van der Waals surface area contributed by atoms with Crippen LogP contribution in [0.4, 0.5) is 5.69 Å². The molecule has 1 aliphatic heterocycles. The summed E-state index contributed by atoms with van der Waals surface area (Å²) in [4.78, 5) is 15.5. The van der Waals surface area contributed by atoms with E-state index >= 15 is 0 Å². The molecule has 1 atom stereocenters. The second-order valence-corrected chi connectivity index (χ2v) is 6.03. The topological polar surface area (TPSA) is 43.8 Å². The molecule has 1 aliphatic rings. The molecular weight excluding hydrogens is 308 g/mol. The third-order valence-corrected chi connectivity index (χ3v) is 4.45. The fraction of sp³-hybridized carbons (Fsp3) is 0.500. The van der Waals surface area contributed by atoms with E-state index in [2.05, 4.69) is 43.9 Å². The molecule has 0 bridgehead atoms. The Morgan fingerprint density at radius 2 is 2.11 bits per heavy atom. The van der Waals surface area contributed by atoms with Gasteiger partial charge in [0.05, 0.1) is 5.92 Å². The number of aliphatic carboxylic acids is 1. The van der Waals surface area contributed by atoms with Crippen LogP contribution in [0.15, 0.2) is 22.7 Å². The Balaban J connectivity index is 2.22. The molecule has 1 saturated heterocycles. The molecule has 0 aromatic heterocycles. The lowest BCUT2D eigenvalue weighted by atomic mass is 10.1. The zero-order chi connectivity index (χ0) is 14.0. The van der Waals surface area contributed by atoms with Gasteiger partial charge in [0.1, 0.15) is 0 Å². The van der Waals surface area contributed by atoms with Gasteiger partial charge in [0.25, 0.3) is 0 Å². The van der Waals surface area contributed by atoms with E-state index in [-0.39, 0.29) is 5.92 Å². The van der Waals surface area contributed by atoms with Gasteiger partial charge < -0.3 is 14.9 Å². The van der Waals surface area contributed by atoms with Gasteiger partial charge >= 0.3 is 5.97 Å². The molecule has 0 saturated carbocycles. The molecule has 1 fully saturated rings. The van der Waals surface area contributed by atoms with Crippen LogP contribution < -0.4 is 4.90 Å². The predicted molar refractivity (Wildman–Crippen MR) is 79.7 cm³/mol. The predicted octanol–water partition coefficient (Wildman–Crippen LogP) is 2.21. The third kappa shape index (κ3) is 3.48. The number of hydrogen-bond acceptors (Lipinski definition) is 3. The van der Waals surface area contributed by atoms with Crippen LogP contribution in [0.25, 0.3) is 0 Å². The van der Waals surface area contributed by atoms with E-state index in [1.807, 2.05) is 14.0 Å². The van der Waals surface area contributed by atoms with Gasteiger partial charge in [-0.2, -0.15) is 0 Å². The molecular formula is C14H19BrN2O2. The molecule has 1 N–H and O–H groups in total. The van der Waals surface area contributed by atoms with Crippen LogP contribution in [0.1, 0.15) is 5.56 Å². The first-order valence-electron chi connectivity index (χ1n) is 6.40. The fourth-order valence-corrected chi connectivity index (χ4v) is 2.71. The van der Waals surface area contributed by atoms with Crippen molar-refractivity contribution in [1.82, 2.24) is 4.90 Å². The highest BCUT2D eigenvalue weighted by atomic mass is 79.9. The second kappa shape index (κ2) is 5.92. The summed E-state index contributed by atoms with van der Waals surface area (Å²) in [5.74, 6) is -1.06. The smallest absolute Gasteiger partial charge is 0.309 e. The Morgan fingerprint density at radius 3 is 2.74 bits per heavy atom. The van der Waals surface area contributed by atoms with Gasteiger partial charge in [-0.25, -0.2) is 0 Å². The number of carboxylic acid groups (broad SMARTS) is 1. The summed E-state index contributed by atoms with van der Waals surface area (Å²) in [7, 11) is 1.98. The molecule has 1 heterocycles. The lowest BCUT2D eigenvalue weighted by Crippen LogP contribution is -2.34. The van der Waals surface area contributed by atoms with Gasteiger partial charge in [-0.3, -0.25) is 4.79 Å². The van der Waals surface area contributed by atoms with Crippen molar-refractivity contribution >= 4 is 27.6 Å². The maximum Gasteiger partial charge on any atom is 0.309 e. The van der Waals surface area contributed by atoms with Crippen molar-refractivity contribution in [1.29, 1.82) is 0 Å². The maximum absolute atomic E-state index is 11.3. The molecule has 0 aliphatic carbocycles. The first-order chi connectivity index (χ1) is 8.97. The number of nitrogens with zero attached hydrogens (tertiary/aromatic N) is 2. The molecule has 1 aromatic rings. The molecule has 1 aromatic carbocycles. The van der Waals surface area contributed by atoms with E-state index in [0.29, 0.717) is 13.1 Å². The van der Waals surface area contributed by atoms with Crippen molar-refractivity contribution in [2.45, 2.75) is 6.92 Å². The van der Waals surface area contributed by atoms with Gasteiger partial charge in [-0.05, 0) is 31.7 Å². The Morgan fingerprint density at radius 1 is 1.37 bits per heavy atom. The monoisotopic (exact) mass is 326 g/mol. The second-order valence-electron chi connectivity index (χ2n) is 5.18. The summed E-state index contributed by atoms with van der Waals surface area (Å²) in [6.07, 6.45) is 0. The van der Waals surface area contributed by atoms with Gasteiger partial charge in [0, 0.05) is 36.3 Å². The van der Waals surface area contributed by atoms with E-state index < -0.39 is 5.97 Å². The van der Waals surface area contributed by atoms with E-state index in [1.165, 1.54) is 5.56 Å². The highest BCUT2D eigenvalue weighted by Crippen LogP contribution is 2.25. The van der Waals surface area contributed by atoms with Crippen LogP contribution in [0.3, 0.4) is 0 Å². The van der Waals surface area contributed by atoms with E-state index in [9.17, 15) is 9.90 Å². The zero-order valence-electron chi connectivity index (χ0n) is 11.3. The van der Waals surface area contributed by atoms with Crippen LogP contribution in [0.2, 0.25) is 0 Å². The minimum Gasteiger partial charge on any atom is -0.481 e. The molecule has 0 spiro atoms. The average molecular weight is 327 g/mol. The Labute approximate surface area is 122 Å². The van der Waals surface area contributed by atoms with E-state index in [4.69, 9.17) is 0 Å². The highest BCUT2D eigenvalue weighted by Gasteiger charge is 2.26. The first kappa shape index (κ1) is 14.3. The lowest BCUT2D eigenvalue weighted by Gasteiger charge is -2.25. The zero-order valence-corrected chi connectivity index (χ0v) is 12.9. The number of benzene rings is 1. The number of hydrogen-bond donors (Lipinski definition) is 1. The summed E-state index contributed by atoms with van der Waals surface area (Å²) >= 11 is 3.53.